The van der Waals surface area contributed by atoms with Gasteiger partial charge in [-0.1, -0.05) is 0 Å². The summed E-state index contributed by atoms with van der Waals surface area (Å²) in [6.45, 7) is 1.28. The van der Waals surface area contributed by atoms with Crippen molar-refractivity contribution in [1.29, 1.82) is 0 Å². The molecule has 0 radical (unpaired) electrons. The first kappa shape index (κ1) is 9.23. The number of halogens is 3. The average molecular weight is 203 g/mol. The highest BCUT2D eigenvalue weighted by atomic mass is 19.4. The highest BCUT2D eigenvalue weighted by Crippen LogP contribution is 2.35. The van der Waals surface area contributed by atoms with Crippen LogP contribution in [0, 0.1) is 0 Å². The molecule has 1 aromatic rings. The lowest BCUT2D eigenvalue weighted by Crippen LogP contribution is -2.39. The van der Waals surface area contributed by atoms with Gasteiger partial charge < -0.3 is 4.90 Å². The van der Waals surface area contributed by atoms with E-state index < -0.39 is 11.7 Å². The van der Waals surface area contributed by atoms with Gasteiger partial charge >= 0.3 is 6.18 Å². The predicted molar refractivity (Wildman–Crippen MR) is 43.9 cm³/mol. The van der Waals surface area contributed by atoms with Gasteiger partial charge in [-0.25, -0.2) is 9.97 Å². The van der Waals surface area contributed by atoms with Crippen LogP contribution < -0.4 is 4.90 Å². The third-order valence-corrected chi connectivity index (χ3v) is 2.15. The fraction of sp³-hybridized carbons (Fsp3) is 0.500. The Morgan fingerprint density at radius 3 is 2.50 bits per heavy atom. The van der Waals surface area contributed by atoms with Gasteiger partial charge in [-0.2, -0.15) is 13.2 Å². The minimum Gasteiger partial charge on any atom is -0.356 e. The van der Waals surface area contributed by atoms with Crippen molar-refractivity contribution in [1.82, 2.24) is 9.97 Å². The van der Waals surface area contributed by atoms with Gasteiger partial charge in [0.2, 0.25) is 0 Å². The van der Waals surface area contributed by atoms with Gasteiger partial charge in [0.15, 0.2) is 0 Å². The molecule has 1 saturated heterocycles. The molecule has 1 fully saturated rings. The molecular weight excluding hydrogens is 195 g/mol. The van der Waals surface area contributed by atoms with Gasteiger partial charge in [0, 0.05) is 19.3 Å². The fourth-order valence-corrected chi connectivity index (χ4v) is 1.30. The number of aromatic nitrogens is 2. The fourth-order valence-electron chi connectivity index (χ4n) is 1.30. The van der Waals surface area contributed by atoms with E-state index in [1.54, 1.807) is 4.90 Å². The summed E-state index contributed by atoms with van der Waals surface area (Å²) in [7, 11) is 0. The lowest BCUT2D eigenvalue weighted by atomic mass is 10.2. The van der Waals surface area contributed by atoms with E-state index in [-0.39, 0.29) is 5.82 Å². The number of alkyl halides is 3. The lowest BCUT2D eigenvalue weighted by molar-refractivity contribution is -0.137. The van der Waals surface area contributed by atoms with Crippen molar-refractivity contribution in [2.75, 3.05) is 18.0 Å². The van der Waals surface area contributed by atoms with E-state index in [2.05, 4.69) is 9.97 Å². The number of rotatable bonds is 1. The molecule has 0 spiro atoms. The van der Waals surface area contributed by atoms with Crippen molar-refractivity contribution in [2.24, 2.45) is 0 Å². The highest BCUT2D eigenvalue weighted by Gasteiger charge is 2.37. The summed E-state index contributed by atoms with van der Waals surface area (Å²) in [5, 5.41) is 0. The van der Waals surface area contributed by atoms with Crippen molar-refractivity contribution in [2.45, 2.75) is 12.6 Å². The molecule has 1 aromatic heterocycles. The number of hydrogen-bond donors (Lipinski definition) is 0. The van der Waals surface area contributed by atoms with E-state index in [0.717, 1.165) is 18.9 Å². The molecule has 0 atom stereocenters. The van der Waals surface area contributed by atoms with Gasteiger partial charge in [0.1, 0.15) is 17.7 Å². The van der Waals surface area contributed by atoms with Crippen molar-refractivity contribution in [3.63, 3.8) is 0 Å². The van der Waals surface area contributed by atoms with Gasteiger partial charge in [-0.15, -0.1) is 0 Å². The van der Waals surface area contributed by atoms with Crippen LogP contribution in [0.15, 0.2) is 12.5 Å². The Morgan fingerprint density at radius 1 is 1.29 bits per heavy atom. The second-order valence-electron chi connectivity index (χ2n) is 3.10. The maximum Gasteiger partial charge on any atom is 0.421 e. The minimum absolute atomic E-state index is 0.00116. The van der Waals surface area contributed by atoms with Crippen LogP contribution in [0.3, 0.4) is 0 Å². The Labute approximate surface area is 78.6 Å². The molecule has 0 bridgehead atoms. The Hall–Kier alpha value is -1.33. The molecule has 0 aromatic carbocycles. The Balaban J connectivity index is 2.38. The van der Waals surface area contributed by atoms with Crippen LogP contribution in [-0.2, 0) is 6.18 Å². The van der Waals surface area contributed by atoms with E-state index in [1.807, 2.05) is 0 Å². The monoisotopic (exact) mass is 203 g/mol. The standard InChI is InChI=1S/C8H8F3N3/c9-8(10,11)6-4-12-5-13-7(6)14-2-1-3-14/h4-5H,1-3H2. The largest absolute Gasteiger partial charge is 0.421 e. The van der Waals surface area contributed by atoms with E-state index in [4.69, 9.17) is 0 Å². The van der Waals surface area contributed by atoms with Crippen LogP contribution in [-0.4, -0.2) is 23.1 Å². The van der Waals surface area contributed by atoms with E-state index >= 15 is 0 Å². The van der Waals surface area contributed by atoms with Gasteiger partial charge in [-0.3, -0.25) is 0 Å². The Kier molecular flexibility index (Phi) is 2.05. The van der Waals surface area contributed by atoms with Crippen LogP contribution in [0.4, 0.5) is 19.0 Å². The third-order valence-electron chi connectivity index (χ3n) is 2.15. The Bertz CT molecular complexity index is 333. The zero-order chi connectivity index (χ0) is 10.2. The normalized spacial score (nSPS) is 16.6. The number of hydrogen-bond acceptors (Lipinski definition) is 3. The van der Waals surface area contributed by atoms with Crippen LogP contribution in [0.2, 0.25) is 0 Å². The second-order valence-corrected chi connectivity index (χ2v) is 3.10. The maximum absolute atomic E-state index is 12.5. The average Bonchev–Trinajstić information content (AvgIpc) is 2.00. The molecule has 0 aliphatic carbocycles. The van der Waals surface area contributed by atoms with Crippen molar-refractivity contribution in [3.05, 3.63) is 18.1 Å². The lowest BCUT2D eigenvalue weighted by Gasteiger charge is -2.33. The van der Waals surface area contributed by atoms with Crippen LogP contribution in [0.1, 0.15) is 12.0 Å². The van der Waals surface area contributed by atoms with Crippen molar-refractivity contribution in [3.8, 4) is 0 Å². The molecule has 0 N–H and O–H groups in total. The van der Waals surface area contributed by atoms with Gasteiger partial charge in [0.25, 0.3) is 0 Å². The number of anilines is 1. The first-order valence-electron chi connectivity index (χ1n) is 4.21. The second kappa shape index (κ2) is 3.11. The van der Waals surface area contributed by atoms with E-state index in [9.17, 15) is 13.2 Å². The summed E-state index contributed by atoms with van der Waals surface area (Å²) in [5.74, 6) is -0.00116. The maximum atomic E-state index is 12.5. The van der Waals surface area contributed by atoms with Crippen molar-refractivity contribution < 1.29 is 13.2 Å². The molecule has 2 heterocycles. The Morgan fingerprint density at radius 2 is 2.00 bits per heavy atom. The molecule has 14 heavy (non-hydrogen) atoms. The highest BCUT2D eigenvalue weighted by molar-refractivity contribution is 5.48. The number of nitrogens with zero attached hydrogens (tertiary/aromatic N) is 3. The summed E-state index contributed by atoms with van der Waals surface area (Å²) >= 11 is 0. The summed E-state index contributed by atoms with van der Waals surface area (Å²) in [4.78, 5) is 8.66. The topological polar surface area (TPSA) is 29.0 Å². The van der Waals surface area contributed by atoms with E-state index in [1.165, 1.54) is 0 Å². The molecule has 2 rings (SSSR count). The zero-order valence-corrected chi connectivity index (χ0v) is 7.25. The first-order chi connectivity index (χ1) is 6.59. The molecule has 0 amide bonds. The zero-order valence-electron chi connectivity index (χ0n) is 7.25. The SMILES string of the molecule is FC(F)(F)c1cncnc1N1CCC1. The first-order valence-corrected chi connectivity index (χ1v) is 4.21. The van der Waals surface area contributed by atoms with Crippen LogP contribution in [0.5, 0.6) is 0 Å². The van der Waals surface area contributed by atoms with Crippen LogP contribution >= 0.6 is 0 Å². The quantitative estimate of drug-likeness (QED) is 0.695. The molecule has 1 aliphatic heterocycles. The third kappa shape index (κ3) is 1.51. The molecule has 76 valence electrons. The molecule has 1 aliphatic rings. The molecule has 3 nitrogen and oxygen atoms in total. The predicted octanol–water partition coefficient (Wildman–Crippen LogP) is 1.71. The molecule has 0 unspecified atom stereocenters. The molecule has 0 saturated carbocycles. The summed E-state index contributed by atoms with van der Waals surface area (Å²) in [6, 6.07) is 0. The minimum atomic E-state index is -4.37. The summed E-state index contributed by atoms with van der Waals surface area (Å²) < 4.78 is 37.4. The summed E-state index contributed by atoms with van der Waals surface area (Å²) in [6.07, 6.45) is -1.49. The summed E-state index contributed by atoms with van der Waals surface area (Å²) in [5.41, 5.74) is -0.750. The van der Waals surface area contributed by atoms with Crippen LogP contribution in [0.25, 0.3) is 0 Å². The molecule has 6 heteroatoms. The van der Waals surface area contributed by atoms with Crippen molar-refractivity contribution >= 4 is 5.82 Å². The molecular formula is C8H8F3N3. The smallest absolute Gasteiger partial charge is 0.356 e. The van der Waals surface area contributed by atoms with E-state index in [0.29, 0.717) is 13.1 Å². The van der Waals surface area contributed by atoms with Gasteiger partial charge in [-0.05, 0) is 6.42 Å². The van der Waals surface area contributed by atoms with Gasteiger partial charge in [0.05, 0.1) is 0 Å².